The van der Waals surface area contributed by atoms with Gasteiger partial charge in [-0.1, -0.05) is 12.1 Å². The minimum atomic E-state index is 0.0767. The van der Waals surface area contributed by atoms with Crippen LogP contribution in [0.25, 0.3) is 5.69 Å². The standard InChI is InChI=1S/C20H21N5O/c1-16-21-9-8-19(22-16)24-12-14-25(15-13-24)20(26)17-6-2-3-7-18(17)23-10-4-5-11-23/h2-11H,12-15H2,1H3. The minimum absolute atomic E-state index is 0.0767. The molecule has 6 nitrogen and oxygen atoms in total. The van der Waals surface area contributed by atoms with Crippen molar-refractivity contribution in [2.75, 3.05) is 31.1 Å². The molecule has 0 bridgehead atoms. The molecule has 132 valence electrons. The van der Waals surface area contributed by atoms with E-state index in [4.69, 9.17) is 0 Å². The molecule has 1 aliphatic rings. The molecule has 2 aromatic heterocycles. The minimum Gasteiger partial charge on any atom is -0.353 e. The van der Waals surface area contributed by atoms with Gasteiger partial charge in [0.15, 0.2) is 0 Å². The maximum Gasteiger partial charge on any atom is 0.256 e. The number of carbonyl (C=O) groups is 1. The van der Waals surface area contributed by atoms with E-state index in [2.05, 4.69) is 14.9 Å². The fraction of sp³-hybridized carbons (Fsp3) is 0.250. The topological polar surface area (TPSA) is 54.3 Å². The molecule has 1 aliphatic heterocycles. The maximum absolute atomic E-state index is 13.1. The molecular formula is C20H21N5O. The molecule has 26 heavy (non-hydrogen) atoms. The van der Waals surface area contributed by atoms with Crippen molar-refractivity contribution in [3.8, 4) is 5.69 Å². The molecule has 1 aromatic carbocycles. The van der Waals surface area contributed by atoms with Gasteiger partial charge in [-0.3, -0.25) is 4.79 Å². The Morgan fingerprint density at radius 1 is 0.962 bits per heavy atom. The van der Waals surface area contributed by atoms with E-state index in [1.165, 1.54) is 0 Å². The van der Waals surface area contributed by atoms with E-state index in [0.717, 1.165) is 36.0 Å². The summed E-state index contributed by atoms with van der Waals surface area (Å²) in [5.74, 6) is 1.77. The molecule has 0 atom stereocenters. The third kappa shape index (κ3) is 3.18. The summed E-state index contributed by atoms with van der Waals surface area (Å²) < 4.78 is 1.98. The number of hydrogen-bond donors (Lipinski definition) is 0. The first-order valence-electron chi connectivity index (χ1n) is 8.78. The largest absolute Gasteiger partial charge is 0.353 e. The van der Waals surface area contributed by atoms with E-state index in [-0.39, 0.29) is 5.91 Å². The summed E-state index contributed by atoms with van der Waals surface area (Å²) in [7, 11) is 0. The Labute approximate surface area is 152 Å². The Bertz CT molecular complexity index is 898. The molecule has 6 heteroatoms. The molecule has 0 spiro atoms. The van der Waals surface area contributed by atoms with Crippen LogP contribution >= 0.6 is 0 Å². The first-order valence-corrected chi connectivity index (χ1v) is 8.78. The zero-order chi connectivity index (χ0) is 17.9. The second-order valence-corrected chi connectivity index (χ2v) is 6.35. The van der Waals surface area contributed by atoms with Crippen molar-refractivity contribution < 1.29 is 4.79 Å². The van der Waals surface area contributed by atoms with Crippen LogP contribution in [0, 0.1) is 6.92 Å². The summed E-state index contributed by atoms with van der Waals surface area (Å²) in [6.07, 6.45) is 5.70. The second-order valence-electron chi connectivity index (χ2n) is 6.35. The Morgan fingerprint density at radius 2 is 1.69 bits per heavy atom. The van der Waals surface area contributed by atoms with E-state index < -0.39 is 0 Å². The van der Waals surface area contributed by atoms with Crippen LogP contribution in [-0.2, 0) is 0 Å². The van der Waals surface area contributed by atoms with E-state index >= 15 is 0 Å². The van der Waals surface area contributed by atoms with Crippen molar-refractivity contribution in [3.63, 3.8) is 0 Å². The van der Waals surface area contributed by atoms with E-state index in [1.54, 1.807) is 6.20 Å². The van der Waals surface area contributed by atoms with Crippen LogP contribution in [-0.4, -0.2) is 51.5 Å². The molecule has 0 aliphatic carbocycles. The second kappa shape index (κ2) is 7.00. The number of anilines is 1. The average Bonchev–Trinajstić information content (AvgIpc) is 3.22. The van der Waals surface area contributed by atoms with Gasteiger partial charge < -0.3 is 14.4 Å². The van der Waals surface area contributed by atoms with Gasteiger partial charge in [-0.15, -0.1) is 0 Å². The Morgan fingerprint density at radius 3 is 2.42 bits per heavy atom. The highest BCUT2D eigenvalue weighted by molar-refractivity contribution is 5.98. The fourth-order valence-corrected chi connectivity index (χ4v) is 3.30. The number of nitrogens with zero attached hydrogens (tertiary/aromatic N) is 5. The molecule has 3 heterocycles. The van der Waals surface area contributed by atoms with Gasteiger partial charge >= 0.3 is 0 Å². The summed E-state index contributed by atoms with van der Waals surface area (Å²) in [4.78, 5) is 25.8. The number of benzene rings is 1. The highest BCUT2D eigenvalue weighted by atomic mass is 16.2. The first-order chi connectivity index (χ1) is 12.7. The van der Waals surface area contributed by atoms with Crippen molar-refractivity contribution in [2.45, 2.75) is 6.92 Å². The number of rotatable bonds is 3. The third-order valence-electron chi connectivity index (χ3n) is 4.67. The number of carbonyl (C=O) groups excluding carboxylic acids is 1. The molecule has 1 fully saturated rings. The van der Waals surface area contributed by atoms with Crippen LogP contribution in [0.1, 0.15) is 16.2 Å². The lowest BCUT2D eigenvalue weighted by Gasteiger charge is -2.35. The van der Waals surface area contributed by atoms with Gasteiger partial charge in [-0.25, -0.2) is 9.97 Å². The van der Waals surface area contributed by atoms with Crippen molar-refractivity contribution >= 4 is 11.7 Å². The third-order valence-corrected chi connectivity index (χ3v) is 4.67. The number of para-hydroxylation sites is 1. The lowest BCUT2D eigenvalue weighted by Crippen LogP contribution is -2.49. The van der Waals surface area contributed by atoms with Crippen molar-refractivity contribution in [3.05, 3.63) is 72.4 Å². The van der Waals surface area contributed by atoms with Crippen LogP contribution in [0.3, 0.4) is 0 Å². The van der Waals surface area contributed by atoms with Gasteiger partial charge in [-0.2, -0.15) is 0 Å². The van der Waals surface area contributed by atoms with Crippen LogP contribution in [0.4, 0.5) is 5.82 Å². The quantitative estimate of drug-likeness (QED) is 0.731. The number of aromatic nitrogens is 3. The van der Waals surface area contributed by atoms with Gasteiger partial charge in [0, 0.05) is 44.8 Å². The fourth-order valence-electron chi connectivity index (χ4n) is 3.30. The number of hydrogen-bond acceptors (Lipinski definition) is 4. The smallest absolute Gasteiger partial charge is 0.256 e. The van der Waals surface area contributed by atoms with Crippen LogP contribution < -0.4 is 4.90 Å². The van der Waals surface area contributed by atoms with Gasteiger partial charge in [0.25, 0.3) is 5.91 Å². The molecule has 0 unspecified atom stereocenters. The molecule has 0 N–H and O–H groups in total. The monoisotopic (exact) mass is 347 g/mol. The molecule has 1 amide bonds. The van der Waals surface area contributed by atoms with Gasteiger partial charge in [0.2, 0.25) is 0 Å². The highest BCUT2D eigenvalue weighted by Gasteiger charge is 2.24. The Balaban J connectivity index is 1.50. The highest BCUT2D eigenvalue weighted by Crippen LogP contribution is 2.19. The predicted octanol–water partition coefficient (Wildman–Crippen LogP) is 2.54. The molecule has 3 aromatic rings. The normalized spacial score (nSPS) is 14.5. The Kier molecular flexibility index (Phi) is 4.39. The number of amides is 1. The van der Waals surface area contributed by atoms with Gasteiger partial charge in [0.05, 0.1) is 11.3 Å². The van der Waals surface area contributed by atoms with E-state index in [9.17, 15) is 4.79 Å². The predicted molar refractivity (Wildman–Crippen MR) is 101 cm³/mol. The maximum atomic E-state index is 13.1. The SMILES string of the molecule is Cc1nccc(N2CCN(C(=O)c3ccccc3-n3cccc3)CC2)n1. The van der Waals surface area contributed by atoms with Crippen molar-refractivity contribution in [1.29, 1.82) is 0 Å². The zero-order valence-corrected chi connectivity index (χ0v) is 14.7. The van der Waals surface area contributed by atoms with Crippen molar-refractivity contribution in [2.24, 2.45) is 0 Å². The van der Waals surface area contributed by atoms with Gasteiger partial charge in [-0.05, 0) is 37.3 Å². The summed E-state index contributed by atoms with van der Waals surface area (Å²) in [6.45, 7) is 4.80. The molecule has 4 rings (SSSR count). The summed E-state index contributed by atoms with van der Waals surface area (Å²) in [6, 6.07) is 13.6. The van der Waals surface area contributed by atoms with Gasteiger partial charge in [0.1, 0.15) is 11.6 Å². The molecule has 0 saturated carbocycles. The summed E-state index contributed by atoms with van der Waals surface area (Å²) in [5.41, 5.74) is 1.64. The zero-order valence-electron chi connectivity index (χ0n) is 14.7. The average molecular weight is 347 g/mol. The van der Waals surface area contributed by atoms with Crippen molar-refractivity contribution in [1.82, 2.24) is 19.4 Å². The van der Waals surface area contributed by atoms with Crippen LogP contribution in [0.5, 0.6) is 0 Å². The molecule has 1 saturated heterocycles. The first kappa shape index (κ1) is 16.3. The molecular weight excluding hydrogens is 326 g/mol. The lowest BCUT2D eigenvalue weighted by molar-refractivity contribution is 0.0746. The summed E-state index contributed by atoms with van der Waals surface area (Å²) >= 11 is 0. The van der Waals surface area contributed by atoms with E-state index in [1.807, 2.05) is 71.2 Å². The number of aryl methyl sites for hydroxylation is 1. The molecule has 0 radical (unpaired) electrons. The van der Waals surface area contributed by atoms with E-state index in [0.29, 0.717) is 13.1 Å². The summed E-state index contributed by atoms with van der Waals surface area (Å²) in [5, 5.41) is 0. The van der Waals surface area contributed by atoms with Crippen LogP contribution in [0.2, 0.25) is 0 Å². The van der Waals surface area contributed by atoms with Crippen LogP contribution in [0.15, 0.2) is 61.1 Å². The lowest BCUT2D eigenvalue weighted by atomic mass is 10.1. The number of piperazine rings is 1. The Hall–Kier alpha value is -3.15.